The zero-order chi connectivity index (χ0) is 23.0. The number of aromatic nitrogens is 2. The molecule has 4 rings (SSSR count). The highest BCUT2D eigenvalue weighted by molar-refractivity contribution is 6.32. The van der Waals surface area contributed by atoms with E-state index in [9.17, 15) is 4.79 Å². The van der Waals surface area contributed by atoms with Crippen LogP contribution in [-0.4, -0.2) is 22.8 Å². The minimum absolute atomic E-state index is 0.251. The quantitative estimate of drug-likeness (QED) is 0.306. The van der Waals surface area contributed by atoms with Crippen molar-refractivity contribution in [2.45, 2.75) is 20.1 Å². The van der Waals surface area contributed by atoms with Gasteiger partial charge in [0.15, 0.2) is 0 Å². The molecule has 33 heavy (non-hydrogen) atoms. The van der Waals surface area contributed by atoms with E-state index in [0.717, 1.165) is 11.1 Å². The van der Waals surface area contributed by atoms with Crippen LogP contribution in [0.2, 0.25) is 5.02 Å². The summed E-state index contributed by atoms with van der Waals surface area (Å²) in [6.45, 7) is 2.74. The average molecular weight is 463 g/mol. The lowest BCUT2D eigenvalue weighted by Crippen LogP contribution is -2.04. The van der Waals surface area contributed by atoms with Gasteiger partial charge in [0.1, 0.15) is 30.4 Å². The Morgan fingerprint density at radius 2 is 1.48 bits per heavy atom. The number of benzene rings is 3. The molecule has 0 bridgehead atoms. The van der Waals surface area contributed by atoms with Crippen molar-refractivity contribution in [2.75, 3.05) is 6.61 Å². The molecule has 0 atom stereocenters. The number of hydrogen-bond donors (Lipinski definition) is 1. The molecule has 168 valence electrons. The van der Waals surface area contributed by atoms with Crippen LogP contribution in [0.5, 0.6) is 11.5 Å². The monoisotopic (exact) mass is 462 g/mol. The summed E-state index contributed by atoms with van der Waals surface area (Å²) >= 11 is 6.54. The predicted molar refractivity (Wildman–Crippen MR) is 127 cm³/mol. The van der Waals surface area contributed by atoms with Crippen LogP contribution in [0.15, 0.2) is 78.9 Å². The van der Waals surface area contributed by atoms with Gasteiger partial charge in [0, 0.05) is 11.6 Å². The zero-order valence-corrected chi connectivity index (χ0v) is 18.8. The molecule has 0 aliphatic carbocycles. The van der Waals surface area contributed by atoms with Crippen LogP contribution in [0.4, 0.5) is 0 Å². The van der Waals surface area contributed by atoms with Crippen molar-refractivity contribution >= 4 is 17.6 Å². The van der Waals surface area contributed by atoms with E-state index in [4.69, 9.17) is 25.8 Å². The van der Waals surface area contributed by atoms with Gasteiger partial charge in [-0.05, 0) is 30.2 Å². The molecule has 7 heteroatoms. The van der Waals surface area contributed by atoms with Gasteiger partial charge in [-0.25, -0.2) is 4.79 Å². The molecule has 0 fully saturated rings. The summed E-state index contributed by atoms with van der Waals surface area (Å²) in [6, 6.07) is 24.7. The molecule has 1 N–H and O–H groups in total. The maximum absolute atomic E-state index is 12.1. The second kappa shape index (κ2) is 10.7. The van der Waals surface area contributed by atoms with E-state index in [2.05, 4.69) is 10.2 Å². The van der Waals surface area contributed by atoms with E-state index in [1.807, 2.05) is 60.7 Å². The summed E-state index contributed by atoms with van der Waals surface area (Å²) in [7, 11) is 0. The molecular formula is C26H23ClN2O4. The molecule has 6 nitrogen and oxygen atoms in total. The minimum atomic E-state index is -0.475. The van der Waals surface area contributed by atoms with Crippen molar-refractivity contribution in [2.24, 2.45) is 0 Å². The summed E-state index contributed by atoms with van der Waals surface area (Å²) in [4.78, 5) is 12.1. The number of ether oxygens (including phenoxy) is 3. The number of esters is 1. The number of halogens is 1. The lowest BCUT2D eigenvalue weighted by atomic mass is 10.1. The number of nitrogens with zero attached hydrogens (tertiary/aromatic N) is 1. The highest BCUT2D eigenvalue weighted by Crippen LogP contribution is 2.39. The number of nitrogens with one attached hydrogen (secondary N) is 1. The van der Waals surface area contributed by atoms with E-state index >= 15 is 0 Å². The largest absolute Gasteiger partial charge is 0.488 e. The number of carbonyl (C=O) groups is 1. The van der Waals surface area contributed by atoms with Crippen molar-refractivity contribution in [3.05, 3.63) is 101 Å². The fourth-order valence-corrected chi connectivity index (χ4v) is 3.43. The molecule has 0 spiro atoms. The van der Waals surface area contributed by atoms with Crippen LogP contribution in [0, 0.1) is 0 Å². The first-order chi connectivity index (χ1) is 16.1. The molecule has 0 aliphatic rings. The van der Waals surface area contributed by atoms with Crippen molar-refractivity contribution in [1.82, 2.24) is 10.2 Å². The van der Waals surface area contributed by atoms with Gasteiger partial charge >= 0.3 is 5.97 Å². The highest BCUT2D eigenvalue weighted by atomic mass is 35.5. The molecule has 1 heterocycles. The standard InChI is InChI=1S/C26H23ClN2O4/c1-2-31-26(30)23-14-22(28-29-23)20-13-21(27)25(33-17-19-11-7-4-8-12-19)15-24(20)32-16-18-9-5-3-6-10-18/h3-15H,2,16-17H2,1H3,(H,28,29). The molecule has 3 aromatic carbocycles. The van der Waals surface area contributed by atoms with E-state index in [1.54, 1.807) is 25.1 Å². The van der Waals surface area contributed by atoms with E-state index in [1.165, 1.54) is 0 Å². The maximum atomic E-state index is 12.1. The van der Waals surface area contributed by atoms with Gasteiger partial charge in [-0.1, -0.05) is 72.3 Å². The normalized spacial score (nSPS) is 10.6. The second-order valence-electron chi connectivity index (χ2n) is 7.21. The van der Waals surface area contributed by atoms with Gasteiger partial charge in [-0.2, -0.15) is 5.10 Å². The Hall–Kier alpha value is -3.77. The van der Waals surface area contributed by atoms with Crippen molar-refractivity contribution in [3.8, 4) is 22.8 Å². The van der Waals surface area contributed by atoms with Crippen LogP contribution < -0.4 is 9.47 Å². The van der Waals surface area contributed by atoms with Crippen LogP contribution in [0.1, 0.15) is 28.5 Å². The van der Waals surface area contributed by atoms with Gasteiger partial charge < -0.3 is 14.2 Å². The number of aromatic amines is 1. The Kier molecular flexibility index (Phi) is 7.27. The Balaban J connectivity index is 1.63. The fourth-order valence-electron chi connectivity index (χ4n) is 3.21. The summed E-state index contributed by atoms with van der Waals surface area (Å²) in [5.74, 6) is 0.554. The first-order valence-corrected chi connectivity index (χ1v) is 10.9. The number of H-pyrrole nitrogens is 1. The molecular weight excluding hydrogens is 440 g/mol. The molecule has 0 aliphatic heterocycles. The summed E-state index contributed by atoms with van der Waals surface area (Å²) in [5, 5.41) is 7.39. The van der Waals surface area contributed by atoms with E-state index in [-0.39, 0.29) is 12.3 Å². The second-order valence-corrected chi connectivity index (χ2v) is 7.62. The third kappa shape index (κ3) is 5.73. The summed E-state index contributed by atoms with van der Waals surface area (Å²) < 4.78 is 17.1. The van der Waals surface area contributed by atoms with Gasteiger partial charge in [-0.15, -0.1) is 0 Å². The molecule has 0 amide bonds. The average Bonchev–Trinajstić information content (AvgIpc) is 3.34. The fraction of sp³-hybridized carbons (Fsp3) is 0.154. The molecule has 0 saturated heterocycles. The topological polar surface area (TPSA) is 73.4 Å². The lowest BCUT2D eigenvalue weighted by Gasteiger charge is -2.15. The lowest BCUT2D eigenvalue weighted by molar-refractivity contribution is 0.0519. The van der Waals surface area contributed by atoms with Gasteiger partial charge in [0.05, 0.1) is 17.3 Å². The first-order valence-electron chi connectivity index (χ1n) is 10.5. The van der Waals surface area contributed by atoms with Crippen molar-refractivity contribution in [3.63, 3.8) is 0 Å². The third-order valence-electron chi connectivity index (χ3n) is 4.86. The van der Waals surface area contributed by atoms with Crippen LogP contribution >= 0.6 is 11.6 Å². The first kappa shape index (κ1) is 22.4. The number of hydrogen-bond acceptors (Lipinski definition) is 5. The number of rotatable bonds is 9. The van der Waals surface area contributed by atoms with E-state index in [0.29, 0.717) is 41.0 Å². The smallest absolute Gasteiger partial charge is 0.356 e. The van der Waals surface area contributed by atoms with Crippen LogP contribution in [-0.2, 0) is 18.0 Å². The minimum Gasteiger partial charge on any atom is -0.488 e. The molecule has 4 aromatic rings. The van der Waals surface area contributed by atoms with Gasteiger partial charge in [-0.3, -0.25) is 5.10 Å². The third-order valence-corrected chi connectivity index (χ3v) is 5.15. The number of carbonyl (C=O) groups excluding carboxylic acids is 1. The Bertz CT molecular complexity index is 1210. The predicted octanol–water partition coefficient (Wildman–Crippen LogP) is 6.06. The SMILES string of the molecule is CCOC(=O)c1cc(-c2cc(Cl)c(OCc3ccccc3)cc2OCc2ccccc2)n[nH]1. The molecule has 0 unspecified atom stereocenters. The highest BCUT2D eigenvalue weighted by Gasteiger charge is 2.18. The van der Waals surface area contributed by atoms with Crippen LogP contribution in [0.25, 0.3) is 11.3 Å². The molecule has 1 aromatic heterocycles. The van der Waals surface area contributed by atoms with E-state index < -0.39 is 5.97 Å². The summed E-state index contributed by atoms with van der Waals surface area (Å²) in [5.41, 5.74) is 3.43. The maximum Gasteiger partial charge on any atom is 0.356 e. The summed E-state index contributed by atoms with van der Waals surface area (Å²) in [6.07, 6.45) is 0. The van der Waals surface area contributed by atoms with Crippen LogP contribution in [0.3, 0.4) is 0 Å². The van der Waals surface area contributed by atoms with Gasteiger partial charge in [0.2, 0.25) is 0 Å². The molecule has 0 radical (unpaired) electrons. The zero-order valence-electron chi connectivity index (χ0n) is 18.1. The van der Waals surface area contributed by atoms with Crippen molar-refractivity contribution in [1.29, 1.82) is 0 Å². The Labute approximate surface area is 197 Å². The van der Waals surface area contributed by atoms with Gasteiger partial charge in [0.25, 0.3) is 0 Å². The Morgan fingerprint density at radius 3 is 2.09 bits per heavy atom. The Morgan fingerprint density at radius 1 is 0.879 bits per heavy atom. The van der Waals surface area contributed by atoms with Crippen molar-refractivity contribution < 1.29 is 19.0 Å². The molecule has 0 saturated carbocycles.